The van der Waals surface area contributed by atoms with Crippen molar-refractivity contribution >= 4 is 33.3 Å². The number of amides is 1. The number of hydrogen-bond donors (Lipinski definition) is 2. The fourth-order valence-electron chi connectivity index (χ4n) is 3.13. The molecule has 21 heavy (non-hydrogen) atoms. The van der Waals surface area contributed by atoms with Gasteiger partial charge in [-0.25, -0.2) is 9.97 Å². The molecule has 3 N–H and O–H groups in total. The van der Waals surface area contributed by atoms with Crippen LogP contribution < -0.4 is 11.1 Å². The fraction of sp³-hybridized carbons (Fsp3) is 0.533. The number of carbonyl (C=O) groups is 1. The monoisotopic (exact) mass is 304 g/mol. The SMILES string of the molecule is CCC1CCCCC1NC(=O)c1sc2nccnc2c1N. The van der Waals surface area contributed by atoms with Gasteiger partial charge in [0.25, 0.3) is 5.91 Å². The average Bonchev–Trinajstić information content (AvgIpc) is 2.85. The average molecular weight is 304 g/mol. The molecule has 5 nitrogen and oxygen atoms in total. The second kappa shape index (κ2) is 5.97. The van der Waals surface area contributed by atoms with Crippen LogP contribution in [0.1, 0.15) is 48.7 Å². The highest BCUT2D eigenvalue weighted by Crippen LogP contribution is 2.32. The van der Waals surface area contributed by atoms with Gasteiger partial charge in [0.05, 0.1) is 5.69 Å². The molecular formula is C15H20N4OS. The molecule has 1 aliphatic carbocycles. The van der Waals surface area contributed by atoms with E-state index in [4.69, 9.17) is 5.73 Å². The van der Waals surface area contributed by atoms with Crippen LogP contribution in [0.15, 0.2) is 12.4 Å². The highest BCUT2D eigenvalue weighted by atomic mass is 32.1. The van der Waals surface area contributed by atoms with Gasteiger partial charge in [-0.3, -0.25) is 4.79 Å². The molecular weight excluding hydrogens is 284 g/mol. The van der Waals surface area contributed by atoms with Gasteiger partial charge in [-0.1, -0.05) is 26.2 Å². The van der Waals surface area contributed by atoms with E-state index in [0.717, 1.165) is 17.7 Å². The number of aromatic nitrogens is 2. The maximum Gasteiger partial charge on any atom is 0.263 e. The minimum absolute atomic E-state index is 0.0809. The Hall–Kier alpha value is -1.69. The summed E-state index contributed by atoms with van der Waals surface area (Å²) in [5.41, 5.74) is 7.14. The first-order chi connectivity index (χ1) is 10.2. The standard InChI is InChI=1S/C15H20N4OS/c1-2-9-5-3-4-6-10(9)19-14(20)13-11(16)12-15(21-13)18-8-7-17-12/h7-10H,2-6,16H2,1H3,(H,19,20). The van der Waals surface area contributed by atoms with Crippen LogP contribution in [0.25, 0.3) is 10.3 Å². The van der Waals surface area contributed by atoms with Gasteiger partial charge < -0.3 is 11.1 Å². The van der Waals surface area contributed by atoms with Crippen LogP contribution in [0.4, 0.5) is 5.69 Å². The Labute approximate surface area is 128 Å². The predicted octanol–water partition coefficient (Wildman–Crippen LogP) is 2.97. The summed E-state index contributed by atoms with van der Waals surface area (Å²) in [5, 5.41) is 3.17. The molecule has 0 radical (unpaired) electrons. The lowest BCUT2D eigenvalue weighted by molar-refractivity contribution is 0.0910. The first-order valence-corrected chi connectivity index (χ1v) is 8.32. The quantitative estimate of drug-likeness (QED) is 0.913. The van der Waals surface area contributed by atoms with Crippen LogP contribution in [0.5, 0.6) is 0 Å². The molecule has 6 heteroatoms. The molecule has 0 aliphatic heterocycles. The molecule has 1 aliphatic rings. The summed E-state index contributed by atoms with van der Waals surface area (Å²) in [7, 11) is 0. The van der Waals surface area contributed by atoms with Crippen molar-refractivity contribution < 1.29 is 4.79 Å². The van der Waals surface area contributed by atoms with E-state index < -0.39 is 0 Å². The van der Waals surface area contributed by atoms with E-state index in [9.17, 15) is 4.79 Å². The highest BCUT2D eigenvalue weighted by Gasteiger charge is 2.27. The Balaban J connectivity index is 1.82. The molecule has 0 bridgehead atoms. The molecule has 2 aromatic rings. The van der Waals surface area contributed by atoms with E-state index in [-0.39, 0.29) is 11.9 Å². The van der Waals surface area contributed by atoms with E-state index in [0.29, 0.717) is 22.0 Å². The number of nitrogens with two attached hydrogens (primary N) is 1. The smallest absolute Gasteiger partial charge is 0.263 e. The van der Waals surface area contributed by atoms with Gasteiger partial charge in [-0.05, 0) is 18.8 Å². The predicted molar refractivity (Wildman–Crippen MR) is 85.3 cm³/mol. The van der Waals surface area contributed by atoms with E-state index in [2.05, 4.69) is 22.2 Å². The van der Waals surface area contributed by atoms with Gasteiger partial charge in [0.15, 0.2) is 0 Å². The third kappa shape index (κ3) is 2.72. The van der Waals surface area contributed by atoms with Crippen molar-refractivity contribution in [3.05, 3.63) is 17.3 Å². The zero-order chi connectivity index (χ0) is 14.8. The number of carbonyl (C=O) groups excluding carboxylic acids is 1. The van der Waals surface area contributed by atoms with Gasteiger partial charge in [0.2, 0.25) is 0 Å². The summed E-state index contributed by atoms with van der Waals surface area (Å²) in [4.78, 5) is 22.2. The Morgan fingerprint density at radius 3 is 2.90 bits per heavy atom. The number of rotatable bonds is 3. The lowest BCUT2D eigenvalue weighted by atomic mass is 9.83. The maximum absolute atomic E-state index is 12.5. The number of nitrogens with zero attached hydrogens (tertiary/aromatic N) is 2. The Bertz CT molecular complexity index is 654. The first-order valence-electron chi connectivity index (χ1n) is 7.50. The van der Waals surface area contributed by atoms with Crippen LogP contribution in [0, 0.1) is 5.92 Å². The van der Waals surface area contributed by atoms with Gasteiger partial charge in [-0.2, -0.15) is 0 Å². The molecule has 2 unspecified atom stereocenters. The van der Waals surface area contributed by atoms with Crippen molar-refractivity contribution in [2.45, 2.75) is 45.1 Å². The van der Waals surface area contributed by atoms with Crippen LogP contribution >= 0.6 is 11.3 Å². The molecule has 112 valence electrons. The van der Waals surface area contributed by atoms with Gasteiger partial charge in [0, 0.05) is 18.4 Å². The summed E-state index contributed by atoms with van der Waals surface area (Å²) in [6.07, 6.45) is 9.04. The lowest BCUT2D eigenvalue weighted by Crippen LogP contribution is -2.41. The van der Waals surface area contributed by atoms with Crippen LogP contribution in [-0.4, -0.2) is 21.9 Å². The highest BCUT2D eigenvalue weighted by molar-refractivity contribution is 7.21. The summed E-state index contributed by atoms with van der Waals surface area (Å²) in [6.45, 7) is 2.19. The van der Waals surface area contributed by atoms with Crippen LogP contribution in [0.3, 0.4) is 0 Å². The van der Waals surface area contributed by atoms with Gasteiger partial charge in [0.1, 0.15) is 15.2 Å². The molecule has 3 rings (SSSR count). The molecule has 2 heterocycles. The van der Waals surface area contributed by atoms with E-state index in [1.54, 1.807) is 12.4 Å². The Kier molecular flexibility index (Phi) is 4.05. The van der Waals surface area contributed by atoms with Crippen LogP contribution in [0.2, 0.25) is 0 Å². The van der Waals surface area contributed by atoms with Crippen molar-refractivity contribution in [1.82, 2.24) is 15.3 Å². The molecule has 0 saturated heterocycles. The normalized spacial score (nSPS) is 22.3. The van der Waals surface area contributed by atoms with E-state index in [1.807, 2.05) is 0 Å². The zero-order valence-corrected chi connectivity index (χ0v) is 12.9. The number of thiophene rings is 1. The van der Waals surface area contributed by atoms with E-state index in [1.165, 1.54) is 30.6 Å². The lowest BCUT2D eigenvalue weighted by Gasteiger charge is -2.31. The molecule has 2 atom stereocenters. The topological polar surface area (TPSA) is 80.9 Å². The number of fused-ring (bicyclic) bond motifs is 1. The van der Waals surface area contributed by atoms with Crippen molar-refractivity contribution in [3.63, 3.8) is 0 Å². The Morgan fingerprint density at radius 2 is 2.14 bits per heavy atom. The minimum atomic E-state index is -0.0809. The van der Waals surface area contributed by atoms with Crippen molar-refractivity contribution in [2.75, 3.05) is 5.73 Å². The van der Waals surface area contributed by atoms with Crippen molar-refractivity contribution in [2.24, 2.45) is 5.92 Å². The molecule has 0 spiro atoms. The number of nitrogen functional groups attached to an aromatic ring is 1. The van der Waals surface area contributed by atoms with E-state index >= 15 is 0 Å². The number of anilines is 1. The maximum atomic E-state index is 12.5. The molecule has 2 aromatic heterocycles. The van der Waals surface area contributed by atoms with Gasteiger partial charge in [-0.15, -0.1) is 11.3 Å². The Morgan fingerprint density at radius 1 is 1.38 bits per heavy atom. The van der Waals surface area contributed by atoms with Gasteiger partial charge >= 0.3 is 0 Å². The molecule has 1 fully saturated rings. The second-order valence-electron chi connectivity index (χ2n) is 5.59. The van der Waals surface area contributed by atoms with Crippen molar-refractivity contribution in [1.29, 1.82) is 0 Å². The minimum Gasteiger partial charge on any atom is -0.396 e. The molecule has 1 amide bonds. The third-order valence-corrected chi connectivity index (χ3v) is 5.42. The van der Waals surface area contributed by atoms with Crippen molar-refractivity contribution in [3.8, 4) is 0 Å². The molecule has 0 aromatic carbocycles. The summed E-state index contributed by atoms with van der Waals surface area (Å²) < 4.78 is 0. The third-order valence-electron chi connectivity index (χ3n) is 4.32. The second-order valence-corrected chi connectivity index (χ2v) is 6.59. The summed E-state index contributed by atoms with van der Waals surface area (Å²) >= 11 is 1.32. The fourth-order valence-corrected chi connectivity index (χ4v) is 4.06. The summed E-state index contributed by atoms with van der Waals surface area (Å²) in [6, 6.07) is 0.266. The largest absolute Gasteiger partial charge is 0.396 e. The first kappa shape index (κ1) is 14.3. The number of hydrogen-bond acceptors (Lipinski definition) is 5. The van der Waals surface area contributed by atoms with Crippen LogP contribution in [-0.2, 0) is 0 Å². The molecule has 1 saturated carbocycles. The summed E-state index contributed by atoms with van der Waals surface area (Å²) in [5.74, 6) is 0.497. The zero-order valence-electron chi connectivity index (χ0n) is 12.1. The number of nitrogens with one attached hydrogen (secondary N) is 1.